The smallest absolute Gasteiger partial charge is 0.255 e. The third-order valence-electron chi connectivity index (χ3n) is 4.67. The van der Waals surface area contributed by atoms with Crippen molar-refractivity contribution in [2.45, 2.75) is 26.9 Å². The van der Waals surface area contributed by atoms with E-state index >= 15 is 0 Å². The molecule has 0 saturated heterocycles. The molecule has 0 aliphatic rings. The molecule has 2 atom stereocenters. The zero-order chi connectivity index (χ0) is 24.0. The summed E-state index contributed by atoms with van der Waals surface area (Å²) in [6, 6.07) is 15.5. The van der Waals surface area contributed by atoms with Crippen LogP contribution in [-0.4, -0.2) is 26.3 Å². The van der Waals surface area contributed by atoms with Gasteiger partial charge in [0, 0.05) is 28.6 Å². The van der Waals surface area contributed by atoms with Crippen LogP contribution in [0, 0.1) is 5.92 Å². The molecule has 0 spiro atoms. The van der Waals surface area contributed by atoms with Crippen LogP contribution in [0.3, 0.4) is 0 Å². The van der Waals surface area contributed by atoms with Gasteiger partial charge in [-0.25, -0.2) is 4.21 Å². The number of nitrogens with one attached hydrogen (secondary N) is 1. The largest absolute Gasteiger partial charge is 0.750 e. The maximum Gasteiger partial charge on any atom is 0.255 e. The van der Waals surface area contributed by atoms with Gasteiger partial charge in [0.15, 0.2) is 0 Å². The summed E-state index contributed by atoms with van der Waals surface area (Å²) in [4.78, 5) is 17.3. The Morgan fingerprint density at radius 2 is 1.94 bits per heavy atom. The van der Waals surface area contributed by atoms with Gasteiger partial charge in [-0.05, 0) is 55.3 Å². The Morgan fingerprint density at radius 3 is 2.61 bits per heavy atom. The SMILES string of the molecule is CC(C)COc1cc(C(=O)Nc2ccc(Cl)c(-c3ccccn3)c2)ccc1C(C)OS(=O)[O-]. The molecule has 9 heteroatoms. The van der Waals surface area contributed by atoms with Crippen molar-refractivity contribution in [1.29, 1.82) is 0 Å². The average Bonchev–Trinajstić information content (AvgIpc) is 2.78. The van der Waals surface area contributed by atoms with Gasteiger partial charge in [0.1, 0.15) is 5.75 Å². The maximum atomic E-state index is 13.0. The molecule has 3 rings (SSSR count). The molecule has 7 nitrogen and oxygen atoms in total. The zero-order valence-electron chi connectivity index (χ0n) is 18.4. The fraction of sp³-hybridized carbons (Fsp3) is 0.250. The lowest BCUT2D eigenvalue weighted by atomic mass is 10.1. The van der Waals surface area contributed by atoms with Crippen molar-refractivity contribution in [3.8, 4) is 17.0 Å². The van der Waals surface area contributed by atoms with Crippen LogP contribution < -0.4 is 10.1 Å². The predicted molar refractivity (Wildman–Crippen MR) is 128 cm³/mol. The summed E-state index contributed by atoms with van der Waals surface area (Å²) in [5.74, 6) is 0.269. The van der Waals surface area contributed by atoms with E-state index < -0.39 is 17.5 Å². The molecule has 33 heavy (non-hydrogen) atoms. The highest BCUT2D eigenvalue weighted by Crippen LogP contribution is 2.31. The van der Waals surface area contributed by atoms with Crippen molar-refractivity contribution in [1.82, 2.24) is 4.98 Å². The lowest BCUT2D eigenvalue weighted by Gasteiger charge is -2.20. The lowest BCUT2D eigenvalue weighted by Crippen LogP contribution is -2.14. The number of hydrogen-bond donors (Lipinski definition) is 1. The van der Waals surface area contributed by atoms with Gasteiger partial charge < -0.3 is 14.6 Å². The molecule has 1 amide bonds. The Morgan fingerprint density at radius 1 is 1.15 bits per heavy atom. The second-order valence-corrected chi connectivity index (χ2v) is 8.77. The number of anilines is 1. The summed E-state index contributed by atoms with van der Waals surface area (Å²) in [7, 11) is 0. The van der Waals surface area contributed by atoms with Crippen molar-refractivity contribution >= 4 is 34.6 Å². The first-order valence-corrected chi connectivity index (χ1v) is 11.7. The van der Waals surface area contributed by atoms with E-state index in [-0.39, 0.29) is 11.8 Å². The van der Waals surface area contributed by atoms with Crippen LogP contribution in [0.25, 0.3) is 11.3 Å². The Hall–Kier alpha value is -2.78. The minimum Gasteiger partial charge on any atom is -0.750 e. The summed E-state index contributed by atoms with van der Waals surface area (Å²) in [6.07, 6.45) is 0.907. The molecule has 0 aliphatic carbocycles. The number of rotatable bonds is 9. The van der Waals surface area contributed by atoms with Crippen LogP contribution in [-0.2, 0) is 15.5 Å². The lowest BCUT2D eigenvalue weighted by molar-refractivity contribution is 0.102. The second kappa shape index (κ2) is 11.4. The molecule has 0 bridgehead atoms. The highest BCUT2D eigenvalue weighted by Gasteiger charge is 2.17. The van der Waals surface area contributed by atoms with Crippen molar-refractivity contribution in [3.63, 3.8) is 0 Å². The Bertz CT molecular complexity index is 1140. The number of amides is 1. The third-order valence-corrected chi connectivity index (χ3v) is 5.45. The Labute approximate surface area is 200 Å². The van der Waals surface area contributed by atoms with Crippen LogP contribution in [0.4, 0.5) is 5.69 Å². The van der Waals surface area contributed by atoms with Crippen molar-refractivity contribution in [2.75, 3.05) is 11.9 Å². The van der Waals surface area contributed by atoms with E-state index in [0.717, 1.165) is 0 Å². The molecule has 0 fully saturated rings. The number of hydrogen-bond acceptors (Lipinski definition) is 6. The molecule has 0 radical (unpaired) electrons. The highest BCUT2D eigenvalue weighted by molar-refractivity contribution is 7.74. The number of carbonyl (C=O) groups excluding carboxylic acids is 1. The molecule has 0 aliphatic heterocycles. The quantitative estimate of drug-likeness (QED) is 0.396. The van der Waals surface area contributed by atoms with Crippen molar-refractivity contribution < 1.29 is 22.5 Å². The standard InChI is InChI=1S/C24H25ClN2O5S/c1-15(2)14-31-23-12-17(7-9-19(23)16(3)32-33(29)30)24(28)27-18-8-10-21(25)20(13-18)22-6-4-5-11-26-22/h4-13,15-16H,14H2,1-3H3,(H,27,28)(H,29,30)/p-1. The summed E-state index contributed by atoms with van der Waals surface area (Å²) < 4.78 is 32.6. The fourth-order valence-corrected chi connectivity index (χ4v) is 3.64. The van der Waals surface area contributed by atoms with E-state index in [4.69, 9.17) is 20.5 Å². The zero-order valence-corrected chi connectivity index (χ0v) is 20.0. The molecule has 2 unspecified atom stereocenters. The van der Waals surface area contributed by atoms with E-state index in [1.54, 1.807) is 49.5 Å². The molecule has 3 aromatic rings. The molecular weight excluding hydrogens is 464 g/mol. The van der Waals surface area contributed by atoms with Gasteiger partial charge in [0.25, 0.3) is 5.91 Å². The monoisotopic (exact) mass is 487 g/mol. The Kier molecular flexibility index (Phi) is 8.57. The van der Waals surface area contributed by atoms with Gasteiger partial charge in [-0.1, -0.05) is 37.6 Å². The van der Waals surface area contributed by atoms with Crippen LogP contribution >= 0.6 is 11.6 Å². The minimum atomic E-state index is -2.68. The van der Waals surface area contributed by atoms with Gasteiger partial charge in [0.2, 0.25) is 0 Å². The Balaban J connectivity index is 1.86. The number of aromatic nitrogens is 1. The third kappa shape index (κ3) is 6.85. The molecular formula is C24H24ClN2O5S-. The van der Waals surface area contributed by atoms with Crippen LogP contribution in [0.5, 0.6) is 5.75 Å². The number of benzene rings is 2. The van der Waals surface area contributed by atoms with E-state index in [1.807, 2.05) is 32.0 Å². The van der Waals surface area contributed by atoms with Crippen LogP contribution in [0.1, 0.15) is 42.8 Å². The van der Waals surface area contributed by atoms with E-state index in [0.29, 0.717) is 45.5 Å². The van der Waals surface area contributed by atoms with Crippen LogP contribution in [0.15, 0.2) is 60.8 Å². The number of carbonyl (C=O) groups is 1. The fourth-order valence-electron chi connectivity index (χ4n) is 3.09. The first-order valence-electron chi connectivity index (χ1n) is 10.3. The van der Waals surface area contributed by atoms with Crippen molar-refractivity contribution in [3.05, 3.63) is 76.9 Å². The summed E-state index contributed by atoms with van der Waals surface area (Å²) >= 11 is 3.64. The average molecular weight is 488 g/mol. The number of pyridine rings is 1. The van der Waals surface area contributed by atoms with E-state index in [2.05, 4.69) is 10.3 Å². The summed E-state index contributed by atoms with van der Waals surface area (Å²) in [6.45, 7) is 5.97. The molecule has 2 aromatic carbocycles. The van der Waals surface area contributed by atoms with E-state index in [9.17, 15) is 13.6 Å². The van der Waals surface area contributed by atoms with Gasteiger partial charge >= 0.3 is 0 Å². The van der Waals surface area contributed by atoms with E-state index in [1.165, 1.54) is 0 Å². The maximum absolute atomic E-state index is 13.0. The highest BCUT2D eigenvalue weighted by atomic mass is 35.5. The minimum absolute atomic E-state index is 0.235. The van der Waals surface area contributed by atoms with Gasteiger partial charge in [0.05, 0.1) is 34.8 Å². The summed E-state index contributed by atoms with van der Waals surface area (Å²) in [5.41, 5.74) is 2.82. The topological polar surface area (TPSA) is 101 Å². The first-order chi connectivity index (χ1) is 15.7. The first kappa shape index (κ1) is 24.9. The predicted octanol–water partition coefficient (Wildman–Crippen LogP) is 5.56. The second-order valence-electron chi connectivity index (χ2n) is 7.76. The number of halogens is 1. The molecule has 1 N–H and O–H groups in total. The van der Waals surface area contributed by atoms with Gasteiger partial charge in [-0.15, -0.1) is 0 Å². The molecule has 174 valence electrons. The van der Waals surface area contributed by atoms with Gasteiger partial charge in [-0.3, -0.25) is 14.0 Å². The molecule has 1 heterocycles. The number of nitrogens with zero attached hydrogens (tertiary/aromatic N) is 1. The normalized spacial score (nSPS) is 12.9. The van der Waals surface area contributed by atoms with Gasteiger partial charge in [-0.2, -0.15) is 0 Å². The molecule has 0 saturated carbocycles. The molecule has 1 aromatic heterocycles. The van der Waals surface area contributed by atoms with Crippen LogP contribution in [0.2, 0.25) is 5.02 Å². The van der Waals surface area contributed by atoms with Crippen molar-refractivity contribution in [2.24, 2.45) is 5.92 Å². The number of ether oxygens (including phenoxy) is 1. The summed E-state index contributed by atoms with van der Waals surface area (Å²) in [5, 5.41) is 3.38.